The molecule has 0 aliphatic carbocycles. The van der Waals surface area contributed by atoms with E-state index in [-0.39, 0.29) is 18.1 Å². The van der Waals surface area contributed by atoms with Gasteiger partial charge in [-0.15, -0.1) is 0 Å². The van der Waals surface area contributed by atoms with Gasteiger partial charge in [-0.2, -0.15) is 0 Å². The maximum atomic E-state index is 13.2. The van der Waals surface area contributed by atoms with Crippen LogP contribution in [0.3, 0.4) is 0 Å². The molecule has 1 atom stereocenters. The number of methoxy groups -OCH3 is 1. The number of likely N-dealkylation sites (tertiary alicyclic amines) is 1. The molecule has 0 saturated carbocycles. The van der Waals surface area contributed by atoms with Crippen molar-refractivity contribution in [2.24, 2.45) is 0 Å². The molecular formula is C30H37N4O3+. The number of ether oxygens (including phenoxy) is 2. The first kappa shape index (κ1) is 26.2. The highest BCUT2D eigenvalue weighted by molar-refractivity contribution is 6.13. The standard InChI is InChI=1S/C30H36N4O3/c1-4-28(21-6-5-7-25(18-21)36-3)33-30(35)22-10-13-27(31)26(19-22)29(32)20-8-11-23(12-9-20)37-24-14-16-34(2)17-15-24/h5-13,18-19,24,28,32H,4,14-17,31H2,1-3H3,(H,33,35)/p+1. The van der Waals surface area contributed by atoms with Crippen molar-refractivity contribution in [3.05, 3.63) is 89.0 Å². The van der Waals surface area contributed by atoms with Crippen molar-refractivity contribution >= 4 is 17.3 Å². The van der Waals surface area contributed by atoms with Gasteiger partial charge in [-0.05, 0) is 86.5 Å². The Morgan fingerprint density at radius 1 is 1.05 bits per heavy atom. The minimum atomic E-state index is -0.189. The number of nitrogens with two attached hydrogens (primary N) is 2. The molecule has 194 valence electrons. The predicted molar refractivity (Wildman–Crippen MR) is 147 cm³/mol. The first-order valence-electron chi connectivity index (χ1n) is 12.8. The van der Waals surface area contributed by atoms with Crippen LogP contribution in [0.15, 0.2) is 66.7 Å². The lowest BCUT2D eigenvalue weighted by Crippen LogP contribution is -2.41. The molecule has 0 aromatic heterocycles. The van der Waals surface area contributed by atoms with Gasteiger partial charge in [-0.25, -0.2) is 0 Å². The molecule has 1 saturated heterocycles. The molecular weight excluding hydrogens is 464 g/mol. The molecule has 1 amide bonds. The van der Waals surface area contributed by atoms with Crippen molar-refractivity contribution in [3.63, 3.8) is 0 Å². The van der Waals surface area contributed by atoms with E-state index in [2.05, 4.69) is 17.3 Å². The normalized spacial score (nSPS) is 15.1. The van der Waals surface area contributed by atoms with E-state index >= 15 is 0 Å². The Bertz CT molecular complexity index is 1230. The van der Waals surface area contributed by atoms with E-state index in [9.17, 15) is 4.79 Å². The molecule has 1 aliphatic heterocycles. The number of hydrogen-bond acceptors (Lipinski definition) is 5. The average Bonchev–Trinajstić information content (AvgIpc) is 2.93. The van der Waals surface area contributed by atoms with Gasteiger partial charge in [0.25, 0.3) is 5.91 Å². The van der Waals surface area contributed by atoms with Crippen LogP contribution in [0.2, 0.25) is 0 Å². The van der Waals surface area contributed by atoms with Crippen LogP contribution < -0.4 is 25.9 Å². The molecule has 5 N–H and O–H groups in total. The molecule has 0 bridgehead atoms. The smallest absolute Gasteiger partial charge is 0.251 e. The second kappa shape index (κ2) is 11.9. The summed E-state index contributed by atoms with van der Waals surface area (Å²) in [5.74, 6) is 1.39. The van der Waals surface area contributed by atoms with E-state index < -0.39 is 0 Å². The lowest BCUT2D eigenvalue weighted by atomic mass is 9.98. The lowest BCUT2D eigenvalue weighted by Gasteiger charge is -2.29. The number of piperidine rings is 1. The highest BCUT2D eigenvalue weighted by atomic mass is 16.5. The van der Waals surface area contributed by atoms with Crippen molar-refractivity contribution in [1.29, 1.82) is 0 Å². The van der Waals surface area contributed by atoms with Crippen molar-refractivity contribution < 1.29 is 19.7 Å². The van der Waals surface area contributed by atoms with Gasteiger partial charge in [0, 0.05) is 29.9 Å². The Balaban J connectivity index is 1.46. The van der Waals surface area contributed by atoms with Gasteiger partial charge >= 0.3 is 0 Å². The Hall–Kier alpha value is -3.84. The summed E-state index contributed by atoms with van der Waals surface area (Å²) < 4.78 is 11.5. The van der Waals surface area contributed by atoms with Gasteiger partial charge < -0.3 is 25.4 Å². The Morgan fingerprint density at radius 3 is 2.43 bits per heavy atom. The minimum absolute atomic E-state index is 0.151. The number of benzene rings is 3. The summed E-state index contributed by atoms with van der Waals surface area (Å²) >= 11 is 0. The van der Waals surface area contributed by atoms with Crippen LogP contribution in [0.25, 0.3) is 0 Å². The number of nitrogen functional groups attached to an aromatic ring is 1. The van der Waals surface area contributed by atoms with Crippen LogP contribution >= 0.6 is 0 Å². The number of rotatable bonds is 9. The highest BCUT2D eigenvalue weighted by Crippen LogP contribution is 2.24. The molecule has 37 heavy (non-hydrogen) atoms. The lowest BCUT2D eigenvalue weighted by molar-refractivity contribution is -0.111. The van der Waals surface area contributed by atoms with E-state index in [1.165, 1.54) is 0 Å². The monoisotopic (exact) mass is 501 g/mol. The van der Waals surface area contributed by atoms with Crippen LogP contribution in [0.1, 0.15) is 59.3 Å². The quantitative estimate of drug-likeness (QED) is 0.309. The molecule has 1 heterocycles. The number of hydrogen-bond donors (Lipinski definition) is 3. The second-order valence-corrected chi connectivity index (χ2v) is 9.57. The third kappa shape index (κ3) is 6.49. The van der Waals surface area contributed by atoms with Gasteiger partial charge in [0.1, 0.15) is 17.6 Å². The summed E-state index contributed by atoms with van der Waals surface area (Å²) in [7, 11) is 3.77. The van der Waals surface area contributed by atoms with E-state index in [1.807, 2.05) is 55.5 Å². The molecule has 7 nitrogen and oxygen atoms in total. The van der Waals surface area contributed by atoms with Gasteiger partial charge in [0.15, 0.2) is 0 Å². The maximum Gasteiger partial charge on any atom is 0.251 e. The maximum absolute atomic E-state index is 13.2. The summed E-state index contributed by atoms with van der Waals surface area (Å²) in [6.07, 6.45) is 3.02. The number of nitrogens with one attached hydrogen (secondary N) is 1. The van der Waals surface area contributed by atoms with Crippen LogP contribution in [-0.4, -0.2) is 49.9 Å². The van der Waals surface area contributed by atoms with Crippen LogP contribution in [0.5, 0.6) is 11.5 Å². The summed E-state index contributed by atoms with van der Waals surface area (Å²) in [5, 5.41) is 9.65. The van der Waals surface area contributed by atoms with Gasteiger partial charge in [0.2, 0.25) is 5.71 Å². The summed E-state index contributed by atoms with van der Waals surface area (Å²) in [5.41, 5.74) is 10.2. The van der Waals surface area contributed by atoms with Crippen LogP contribution in [0.4, 0.5) is 5.69 Å². The topological polar surface area (TPSA) is 102 Å². The fourth-order valence-electron chi connectivity index (χ4n) is 4.62. The molecule has 4 rings (SSSR count). The zero-order chi connectivity index (χ0) is 26.4. The van der Waals surface area contributed by atoms with Crippen LogP contribution in [-0.2, 0) is 0 Å². The zero-order valence-electron chi connectivity index (χ0n) is 21.9. The SMILES string of the molecule is CCC(NC(=O)c1ccc(N)c(C(=[NH2+])c2ccc(OC3CCN(C)CC3)cc2)c1)c1cccc(OC)c1. The van der Waals surface area contributed by atoms with Crippen molar-refractivity contribution in [3.8, 4) is 11.5 Å². The van der Waals surface area contributed by atoms with E-state index in [0.717, 1.165) is 55.0 Å². The van der Waals surface area contributed by atoms with Gasteiger partial charge in [-0.1, -0.05) is 19.1 Å². The number of anilines is 1. The number of carbonyl (C=O) groups is 1. The minimum Gasteiger partial charge on any atom is -0.497 e. The number of carbonyl (C=O) groups excluding carboxylic acids is 1. The van der Waals surface area contributed by atoms with E-state index in [0.29, 0.717) is 22.5 Å². The van der Waals surface area contributed by atoms with Crippen LogP contribution in [0, 0.1) is 0 Å². The Morgan fingerprint density at radius 2 is 1.76 bits per heavy atom. The number of amides is 1. The molecule has 0 spiro atoms. The first-order chi connectivity index (χ1) is 17.9. The Kier molecular flexibility index (Phi) is 8.46. The van der Waals surface area contributed by atoms with E-state index in [1.54, 1.807) is 25.3 Å². The Labute approximate surface area is 219 Å². The average molecular weight is 502 g/mol. The largest absolute Gasteiger partial charge is 0.497 e. The predicted octanol–water partition coefficient (Wildman–Crippen LogP) is 3.23. The third-order valence-corrected chi connectivity index (χ3v) is 6.95. The molecule has 7 heteroatoms. The van der Waals surface area contributed by atoms with Gasteiger partial charge in [-0.3, -0.25) is 10.2 Å². The van der Waals surface area contributed by atoms with Crippen molar-refractivity contribution in [2.45, 2.75) is 38.3 Å². The van der Waals surface area contributed by atoms with Crippen molar-refractivity contribution in [1.82, 2.24) is 10.2 Å². The first-order valence-corrected chi connectivity index (χ1v) is 12.8. The zero-order valence-corrected chi connectivity index (χ0v) is 21.9. The molecule has 1 unspecified atom stereocenters. The summed E-state index contributed by atoms with van der Waals surface area (Å²) in [6, 6.07) is 20.5. The van der Waals surface area contributed by atoms with Crippen molar-refractivity contribution in [2.75, 3.05) is 33.0 Å². The molecule has 1 aliphatic rings. The fraction of sp³-hybridized carbons (Fsp3) is 0.333. The highest BCUT2D eigenvalue weighted by Gasteiger charge is 2.21. The molecule has 0 radical (unpaired) electrons. The summed E-state index contributed by atoms with van der Waals surface area (Å²) in [4.78, 5) is 15.5. The molecule has 1 fully saturated rings. The third-order valence-electron chi connectivity index (χ3n) is 6.95. The molecule has 3 aromatic rings. The summed E-state index contributed by atoms with van der Waals surface area (Å²) in [6.45, 7) is 4.13. The second-order valence-electron chi connectivity index (χ2n) is 9.57. The van der Waals surface area contributed by atoms with E-state index in [4.69, 9.17) is 20.6 Å². The fourth-order valence-corrected chi connectivity index (χ4v) is 4.62. The molecule has 3 aromatic carbocycles. The van der Waals surface area contributed by atoms with Gasteiger partial charge in [0.05, 0.1) is 18.7 Å². The number of nitrogens with zero attached hydrogens (tertiary/aromatic N) is 1.